The number of aryl methyl sites for hydroxylation is 1. The van der Waals surface area contributed by atoms with Crippen LogP contribution in [0.2, 0.25) is 0 Å². The molecule has 2 heterocycles. The first kappa shape index (κ1) is 22.2. The van der Waals surface area contributed by atoms with Crippen LogP contribution in [0.1, 0.15) is 18.4 Å². The number of piperidine rings is 1. The smallest absolute Gasteiger partial charge is 0.243 e. The molecule has 0 aliphatic carbocycles. The Kier molecular flexibility index (Phi) is 7.41. The molecular weight excluding hydrogens is 406 g/mol. The third-order valence-electron chi connectivity index (χ3n) is 5.04. The largest absolute Gasteiger partial charge is 0.474 e. The van der Waals surface area contributed by atoms with Gasteiger partial charge in [-0.3, -0.25) is 4.79 Å². The fraction of sp³-hybridized carbons (Fsp3) is 0.429. The van der Waals surface area contributed by atoms with Crippen molar-refractivity contribution in [2.75, 3.05) is 38.7 Å². The fourth-order valence-corrected chi connectivity index (χ4v) is 4.74. The second-order valence-corrected chi connectivity index (χ2v) is 9.12. The van der Waals surface area contributed by atoms with Crippen LogP contribution in [-0.2, 0) is 19.6 Å². The van der Waals surface area contributed by atoms with Crippen molar-refractivity contribution in [1.29, 1.82) is 0 Å². The van der Waals surface area contributed by atoms with Crippen LogP contribution in [0, 0.1) is 12.8 Å². The first-order chi connectivity index (χ1) is 14.4. The Hall–Kier alpha value is -2.49. The molecule has 0 radical (unpaired) electrons. The monoisotopic (exact) mass is 433 g/mol. The van der Waals surface area contributed by atoms with Crippen LogP contribution in [0.15, 0.2) is 47.5 Å². The van der Waals surface area contributed by atoms with E-state index in [1.54, 1.807) is 49.7 Å². The molecule has 162 valence electrons. The summed E-state index contributed by atoms with van der Waals surface area (Å²) < 4.78 is 37.6. The first-order valence-electron chi connectivity index (χ1n) is 9.86. The molecule has 1 amide bonds. The number of anilines is 1. The predicted molar refractivity (Wildman–Crippen MR) is 113 cm³/mol. The first-order valence-corrected chi connectivity index (χ1v) is 11.3. The zero-order chi connectivity index (χ0) is 21.6. The maximum absolute atomic E-state index is 12.8. The minimum atomic E-state index is -3.55. The van der Waals surface area contributed by atoms with Crippen LogP contribution in [0.25, 0.3) is 0 Å². The van der Waals surface area contributed by atoms with E-state index in [-0.39, 0.29) is 16.7 Å². The number of ether oxygens (including phenoxy) is 2. The van der Waals surface area contributed by atoms with Crippen molar-refractivity contribution in [3.8, 4) is 5.88 Å². The van der Waals surface area contributed by atoms with Gasteiger partial charge in [0.1, 0.15) is 12.3 Å². The summed E-state index contributed by atoms with van der Waals surface area (Å²) in [6.07, 6.45) is 2.50. The van der Waals surface area contributed by atoms with Gasteiger partial charge in [0.2, 0.25) is 21.8 Å². The lowest BCUT2D eigenvalue weighted by Gasteiger charge is -2.30. The van der Waals surface area contributed by atoms with E-state index in [0.29, 0.717) is 50.7 Å². The van der Waals surface area contributed by atoms with Crippen molar-refractivity contribution < 1.29 is 22.7 Å². The number of hydrogen-bond acceptors (Lipinski definition) is 6. The molecule has 30 heavy (non-hydrogen) atoms. The molecule has 8 nitrogen and oxygen atoms in total. The third kappa shape index (κ3) is 5.35. The number of sulfonamides is 1. The molecule has 0 spiro atoms. The van der Waals surface area contributed by atoms with E-state index in [1.165, 1.54) is 4.31 Å². The number of carbonyl (C=O) groups excluding carboxylic acids is 1. The fourth-order valence-electron chi connectivity index (χ4n) is 3.28. The lowest BCUT2D eigenvalue weighted by atomic mass is 9.97. The van der Waals surface area contributed by atoms with E-state index in [4.69, 9.17) is 9.47 Å². The topological polar surface area (TPSA) is 97.8 Å². The highest BCUT2D eigenvalue weighted by Gasteiger charge is 2.32. The number of methoxy groups -OCH3 is 1. The maximum Gasteiger partial charge on any atom is 0.243 e. The molecule has 0 bridgehead atoms. The van der Waals surface area contributed by atoms with Gasteiger partial charge < -0.3 is 14.8 Å². The summed E-state index contributed by atoms with van der Waals surface area (Å²) >= 11 is 0. The average molecular weight is 434 g/mol. The highest BCUT2D eigenvalue weighted by atomic mass is 32.2. The second kappa shape index (κ2) is 10.0. The van der Waals surface area contributed by atoms with Gasteiger partial charge in [0.15, 0.2) is 0 Å². The molecule has 1 fully saturated rings. The Morgan fingerprint density at radius 3 is 2.53 bits per heavy atom. The highest BCUT2D eigenvalue weighted by Crippen LogP contribution is 2.27. The van der Waals surface area contributed by atoms with Crippen molar-refractivity contribution >= 4 is 21.6 Å². The number of aromatic nitrogens is 1. The van der Waals surface area contributed by atoms with Crippen molar-refractivity contribution in [2.45, 2.75) is 24.7 Å². The Bertz CT molecular complexity index is 955. The van der Waals surface area contributed by atoms with E-state index in [2.05, 4.69) is 10.3 Å². The Morgan fingerprint density at radius 2 is 1.87 bits per heavy atom. The van der Waals surface area contributed by atoms with Crippen LogP contribution in [0.3, 0.4) is 0 Å². The number of carbonyl (C=O) groups is 1. The minimum Gasteiger partial charge on any atom is -0.474 e. The molecular formula is C21H27N3O5S. The van der Waals surface area contributed by atoms with Gasteiger partial charge in [-0.05, 0) is 44.0 Å². The SMILES string of the molecule is COCCOc1ncccc1NC(=O)C1CCN(S(=O)(=O)c2ccc(C)cc2)CC1. The average Bonchev–Trinajstić information content (AvgIpc) is 2.75. The summed E-state index contributed by atoms with van der Waals surface area (Å²) in [5, 5.41) is 2.86. The van der Waals surface area contributed by atoms with Gasteiger partial charge in [-0.1, -0.05) is 17.7 Å². The second-order valence-electron chi connectivity index (χ2n) is 7.18. The molecule has 3 rings (SSSR count). The van der Waals surface area contributed by atoms with Crippen LogP contribution >= 0.6 is 0 Å². The number of rotatable bonds is 8. The molecule has 1 aromatic heterocycles. The molecule has 1 aromatic carbocycles. The van der Waals surface area contributed by atoms with Gasteiger partial charge in [0.25, 0.3) is 0 Å². The lowest BCUT2D eigenvalue weighted by molar-refractivity contribution is -0.120. The Morgan fingerprint density at radius 1 is 1.17 bits per heavy atom. The Labute approximate surface area is 177 Å². The third-order valence-corrected chi connectivity index (χ3v) is 6.95. The zero-order valence-corrected chi connectivity index (χ0v) is 18.0. The number of hydrogen-bond donors (Lipinski definition) is 1. The molecule has 1 saturated heterocycles. The highest BCUT2D eigenvalue weighted by molar-refractivity contribution is 7.89. The van der Waals surface area contributed by atoms with E-state index in [0.717, 1.165) is 5.56 Å². The summed E-state index contributed by atoms with van der Waals surface area (Å²) in [6, 6.07) is 10.3. The molecule has 1 aliphatic heterocycles. The maximum atomic E-state index is 12.8. The normalized spacial score (nSPS) is 15.7. The standard InChI is InChI=1S/C21H27N3O5S/c1-16-5-7-18(8-6-16)30(26,27)24-12-9-17(10-13-24)20(25)23-19-4-3-11-22-21(19)29-15-14-28-2/h3-8,11,17H,9-10,12-15H2,1-2H3,(H,23,25). The zero-order valence-electron chi connectivity index (χ0n) is 17.2. The minimum absolute atomic E-state index is 0.160. The van der Waals surface area contributed by atoms with Crippen LogP contribution in [-0.4, -0.2) is 57.0 Å². The van der Waals surface area contributed by atoms with Crippen molar-refractivity contribution in [1.82, 2.24) is 9.29 Å². The number of amides is 1. The van der Waals surface area contributed by atoms with Gasteiger partial charge in [-0.15, -0.1) is 0 Å². The lowest BCUT2D eigenvalue weighted by Crippen LogP contribution is -2.41. The molecule has 2 aromatic rings. The summed E-state index contributed by atoms with van der Waals surface area (Å²) in [4.78, 5) is 17.2. The molecule has 0 saturated carbocycles. The molecule has 1 aliphatic rings. The van der Waals surface area contributed by atoms with Gasteiger partial charge in [-0.25, -0.2) is 13.4 Å². The van der Waals surface area contributed by atoms with Crippen LogP contribution in [0.5, 0.6) is 5.88 Å². The van der Waals surface area contributed by atoms with E-state index >= 15 is 0 Å². The summed E-state index contributed by atoms with van der Waals surface area (Å²) in [5.41, 5.74) is 1.50. The van der Waals surface area contributed by atoms with Gasteiger partial charge in [0.05, 0.1) is 11.5 Å². The molecule has 0 atom stereocenters. The van der Waals surface area contributed by atoms with Gasteiger partial charge in [0, 0.05) is 32.3 Å². The quantitative estimate of drug-likeness (QED) is 0.642. The summed E-state index contributed by atoms with van der Waals surface area (Å²) in [6.45, 7) is 3.26. The summed E-state index contributed by atoms with van der Waals surface area (Å²) in [7, 11) is -1.97. The van der Waals surface area contributed by atoms with E-state index < -0.39 is 10.0 Å². The number of nitrogens with one attached hydrogen (secondary N) is 1. The number of pyridine rings is 1. The summed E-state index contributed by atoms with van der Waals surface area (Å²) in [5.74, 6) is -0.101. The van der Waals surface area contributed by atoms with Crippen LogP contribution in [0.4, 0.5) is 5.69 Å². The van der Waals surface area contributed by atoms with Crippen molar-refractivity contribution in [2.24, 2.45) is 5.92 Å². The molecule has 1 N–H and O–H groups in total. The van der Waals surface area contributed by atoms with Crippen molar-refractivity contribution in [3.05, 3.63) is 48.2 Å². The van der Waals surface area contributed by atoms with Gasteiger partial charge in [-0.2, -0.15) is 4.31 Å². The number of benzene rings is 1. The molecule has 9 heteroatoms. The van der Waals surface area contributed by atoms with E-state index in [1.807, 2.05) is 6.92 Å². The van der Waals surface area contributed by atoms with Crippen molar-refractivity contribution in [3.63, 3.8) is 0 Å². The van der Waals surface area contributed by atoms with Gasteiger partial charge >= 0.3 is 0 Å². The Balaban J connectivity index is 1.59. The molecule has 0 unspecified atom stereocenters. The van der Waals surface area contributed by atoms with E-state index in [9.17, 15) is 13.2 Å². The predicted octanol–water partition coefficient (Wildman–Crippen LogP) is 2.45. The van der Waals surface area contributed by atoms with Crippen LogP contribution < -0.4 is 10.1 Å². The number of nitrogens with zero attached hydrogens (tertiary/aromatic N) is 2.